The standard InChI is InChI=1S/C32H48N8O6/c1-20-17-23(41)14-13-22(20)19-27(31(45)46)40-29(43)25(12-8-16-37-32(34)35)38-30(44)26(18-21-9-4-3-5-10-21)39-28(42)24(33)11-6-7-15-36-2/h3-5,9-10,13-14,17,24-27,36,41H,6-8,11-12,15-16,18-19,33H2,1-2H3,(H,38,44)(H,39,42)(H,40,43)(H,45,46)(H4,34,35,37). The molecule has 46 heavy (non-hydrogen) atoms. The summed E-state index contributed by atoms with van der Waals surface area (Å²) >= 11 is 0. The molecule has 0 spiro atoms. The van der Waals surface area contributed by atoms with Gasteiger partial charge in [-0.2, -0.15) is 0 Å². The van der Waals surface area contributed by atoms with E-state index < -0.39 is 47.9 Å². The normalized spacial score (nSPS) is 13.5. The monoisotopic (exact) mass is 640 g/mol. The van der Waals surface area contributed by atoms with Gasteiger partial charge in [-0.1, -0.05) is 42.8 Å². The number of guanidine groups is 1. The number of carbonyl (C=O) groups excluding carboxylic acids is 3. The van der Waals surface area contributed by atoms with Crippen LogP contribution in [0.3, 0.4) is 0 Å². The number of nitrogens with one attached hydrogen (secondary N) is 6. The number of hydrogen-bond acceptors (Lipinski definition) is 8. The summed E-state index contributed by atoms with van der Waals surface area (Å²) in [5.74, 6) is -3.37. The van der Waals surface area contributed by atoms with Gasteiger partial charge in [-0.25, -0.2) is 4.79 Å². The molecule has 14 nitrogen and oxygen atoms in total. The first kappa shape index (κ1) is 37.5. The first-order chi connectivity index (χ1) is 21.9. The molecule has 2 aromatic carbocycles. The third-order valence-electron chi connectivity index (χ3n) is 7.43. The van der Waals surface area contributed by atoms with Gasteiger partial charge >= 0.3 is 5.97 Å². The van der Waals surface area contributed by atoms with Crippen molar-refractivity contribution in [2.75, 3.05) is 20.1 Å². The number of aromatic hydroxyl groups is 1. The molecule has 4 atom stereocenters. The number of unbranched alkanes of at least 4 members (excludes halogenated alkanes) is 1. The van der Waals surface area contributed by atoms with Crippen LogP contribution in [0.15, 0.2) is 48.5 Å². The third-order valence-corrected chi connectivity index (χ3v) is 7.43. The van der Waals surface area contributed by atoms with Crippen LogP contribution in [0.1, 0.15) is 48.8 Å². The highest BCUT2D eigenvalue weighted by molar-refractivity contribution is 5.94. The van der Waals surface area contributed by atoms with Crippen LogP contribution >= 0.6 is 0 Å². The maximum atomic E-state index is 13.7. The first-order valence-corrected chi connectivity index (χ1v) is 15.4. The predicted molar refractivity (Wildman–Crippen MR) is 175 cm³/mol. The second kappa shape index (κ2) is 19.6. The van der Waals surface area contributed by atoms with E-state index in [-0.39, 0.29) is 37.5 Å². The number of phenols is 1. The Balaban J connectivity index is 2.24. The average molecular weight is 641 g/mol. The minimum Gasteiger partial charge on any atom is -0.508 e. The Bertz CT molecular complexity index is 1310. The molecule has 0 radical (unpaired) electrons. The topological polar surface area (TPSA) is 245 Å². The lowest BCUT2D eigenvalue weighted by atomic mass is 10.00. The highest BCUT2D eigenvalue weighted by atomic mass is 16.4. The van der Waals surface area contributed by atoms with Crippen molar-refractivity contribution in [3.8, 4) is 5.75 Å². The van der Waals surface area contributed by atoms with Crippen molar-refractivity contribution in [2.45, 2.75) is 76.0 Å². The summed E-state index contributed by atoms with van der Waals surface area (Å²) in [6.07, 6.45) is 2.44. The zero-order chi connectivity index (χ0) is 34.1. The fraction of sp³-hybridized carbons (Fsp3) is 0.469. The fourth-order valence-electron chi connectivity index (χ4n) is 4.81. The molecule has 12 N–H and O–H groups in total. The van der Waals surface area contributed by atoms with Crippen LogP contribution in [0.25, 0.3) is 0 Å². The molecule has 2 rings (SSSR count). The van der Waals surface area contributed by atoms with E-state index in [1.807, 2.05) is 25.2 Å². The lowest BCUT2D eigenvalue weighted by Crippen LogP contribution is -2.57. The molecule has 0 aliphatic rings. The minimum atomic E-state index is -1.33. The van der Waals surface area contributed by atoms with E-state index in [2.05, 4.69) is 26.6 Å². The van der Waals surface area contributed by atoms with E-state index >= 15 is 0 Å². The van der Waals surface area contributed by atoms with Gasteiger partial charge in [0.15, 0.2) is 5.96 Å². The molecule has 0 heterocycles. The molecule has 3 amide bonds. The summed E-state index contributed by atoms with van der Waals surface area (Å²) in [7, 11) is 1.84. The van der Waals surface area contributed by atoms with Crippen molar-refractivity contribution in [2.24, 2.45) is 11.5 Å². The highest BCUT2D eigenvalue weighted by Gasteiger charge is 2.30. The molecule has 0 aliphatic carbocycles. The van der Waals surface area contributed by atoms with E-state index in [9.17, 15) is 29.4 Å². The van der Waals surface area contributed by atoms with Crippen LogP contribution in [0.4, 0.5) is 0 Å². The number of nitrogens with two attached hydrogens (primary N) is 2. The zero-order valence-corrected chi connectivity index (χ0v) is 26.5. The Hall–Kier alpha value is -4.69. The molecule has 4 unspecified atom stereocenters. The molecule has 2 aromatic rings. The molecule has 0 aliphatic heterocycles. The highest BCUT2D eigenvalue weighted by Crippen LogP contribution is 2.17. The van der Waals surface area contributed by atoms with Crippen LogP contribution < -0.4 is 38.1 Å². The smallest absolute Gasteiger partial charge is 0.326 e. The first-order valence-electron chi connectivity index (χ1n) is 15.4. The van der Waals surface area contributed by atoms with E-state index in [0.717, 1.165) is 24.9 Å². The molecule has 0 saturated carbocycles. The number of carbonyl (C=O) groups is 4. The third kappa shape index (κ3) is 13.5. The van der Waals surface area contributed by atoms with Crippen molar-refractivity contribution < 1.29 is 29.4 Å². The number of benzene rings is 2. The molecular formula is C32H48N8O6. The SMILES string of the molecule is CNCCCCC(N)C(=O)NC(Cc1ccccc1)C(=O)NC(CCCNC(=N)N)C(=O)NC(Cc1ccc(O)cc1C)C(=O)O. The number of carboxylic acid groups (broad SMARTS) is 1. The van der Waals surface area contributed by atoms with Gasteiger partial charge in [-0.05, 0) is 75.0 Å². The number of rotatable bonds is 20. The summed E-state index contributed by atoms with van der Waals surface area (Å²) < 4.78 is 0. The van der Waals surface area contributed by atoms with Gasteiger partial charge in [0.05, 0.1) is 6.04 Å². The fourth-order valence-corrected chi connectivity index (χ4v) is 4.81. The van der Waals surface area contributed by atoms with Gasteiger partial charge in [0, 0.05) is 19.4 Å². The predicted octanol–water partition coefficient (Wildman–Crippen LogP) is 0.00509. The lowest BCUT2D eigenvalue weighted by Gasteiger charge is -2.26. The van der Waals surface area contributed by atoms with Gasteiger partial charge in [-0.3, -0.25) is 19.8 Å². The maximum Gasteiger partial charge on any atom is 0.326 e. The molecular weight excluding hydrogens is 592 g/mol. The summed E-state index contributed by atoms with van der Waals surface area (Å²) in [4.78, 5) is 52.3. The second-order valence-corrected chi connectivity index (χ2v) is 11.2. The number of aliphatic carboxylic acids is 1. The summed E-state index contributed by atoms with van der Waals surface area (Å²) in [5, 5.41) is 40.6. The van der Waals surface area contributed by atoms with Crippen molar-refractivity contribution in [3.05, 3.63) is 65.2 Å². The summed E-state index contributed by atoms with van der Waals surface area (Å²) in [5.41, 5.74) is 13.5. The van der Waals surface area contributed by atoms with Gasteiger partial charge in [0.2, 0.25) is 17.7 Å². The minimum absolute atomic E-state index is 0.0333. The lowest BCUT2D eigenvalue weighted by molar-refractivity contribution is -0.142. The summed E-state index contributed by atoms with van der Waals surface area (Å²) in [6.45, 7) is 2.74. The van der Waals surface area contributed by atoms with Crippen LogP contribution in [0, 0.1) is 12.3 Å². The molecule has 0 aromatic heterocycles. The number of amides is 3. The number of hydrogen-bond donors (Lipinski definition) is 10. The largest absolute Gasteiger partial charge is 0.508 e. The average Bonchev–Trinajstić information content (AvgIpc) is 3.01. The molecule has 0 bridgehead atoms. The van der Waals surface area contributed by atoms with Gasteiger partial charge in [0.1, 0.15) is 23.9 Å². The van der Waals surface area contributed by atoms with Crippen LogP contribution in [-0.4, -0.2) is 84.2 Å². The molecule has 0 saturated heterocycles. The Morgan fingerprint density at radius 1 is 0.826 bits per heavy atom. The molecule has 0 fully saturated rings. The Morgan fingerprint density at radius 2 is 1.48 bits per heavy atom. The van der Waals surface area contributed by atoms with Crippen molar-refractivity contribution in [1.82, 2.24) is 26.6 Å². The van der Waals surface area contributed by atoms with Gasteiger partial charge < -0.3 is 48.3 Å². The van der Waals surface area contributed by atoms with E-state index in [4.69, 9.17) is 16.9 Å². The van der Waals surface area contributed by atoms with Crippen molar-refractivity contribution in [3.63, 3.8) is 0 Å². The van der Waals surface area contributed by atoms with Crippen molar-refractivity contribution in [1.29, 1.82) is 5.41 Å². The molecule has 14 heteroatoms. The molecule has 252 valence electrons. The van der Waals surface area contributed by atoms with Gasteiger partial charge in [-0.15, -0.1) is 0 Å². The Labute approximate surface area is 269 Å². The zero-order valence-electron chi connectivity index (χ0n) is 26.5. The number of carboxylic acids is 1. The van der Waals surface area contributed by atoms with Gasteiger partial charge in [0.25, 0.3) is 0 Å². The van der Waals surface area contributed by atoms with Crippen molar-refractivity contribution >= 4 is 29.7 Å². The van der Waals surface area contributed by atoms with Crippen LogP contribution in [0.2, 0.25) is 0 Å². The summed E-state index contributed by atoms with van der Waals surface area (Å²) in [6, 6.07) is 9.17. The second-order valence-electron chi connectivity index (χ2n) is 11.2. The Kier molecular flexibility index (Phi) is 16.0. The van der Waals surface area contributed by atoms with Crippen LogP contribution in [0.5, 0.6) is 5.75 Å². The number of aryl methyl sites for hydroxylation is 1. The maximum absolute atomic E-state index is 13.7. The quantitative estimate of drug-likeness (QED) is 0.0527. The number of phenolic OH excluding ortho intramolecular Hbond substituents is 1. The Morgan fingerprint density at radius 3 is 2.11 bits per heavy atom. The van der Waals surface area contributed by atoms with E-state index in [0.29, 0.717) is 24.0 Å². The van der Waals surface area contributed by atoms with Crippen LogP contribution in [-0.2, 0) is 32.0 Å². The van der Waals surface area contributed by atoms with E-state index in [1.54, 1.807) is 25.1 Å². The van der Waals surface area contributed by atoms with E-state index in [1.165, 1.54) is 12.1 Å².